The maximum Gasteiger partial charge on any atom is 0.126 e. The van der Waals surface area contributed by atoms with Crippen LogP contribution in [0.15, 0.2) is 0 Å². The van der Waals surface area contributed by atoms with E-state index >= 15 is 4.39 Å². The molecule has 2 rings (SSSR count). The minimum atomic E-state index is -0.955. The van der Waals surface area contributed by atoms with Gasteiger partial charge in [-0.15, -0.1) is 0 Å². The van der Waals surface area contributed by atoms with Gasteiger partial charge >= 0.3 is 0 Å². The summed E-state index contributed by atoms with van der Waals surface area (Å²) >= 11 is 2.58. The molecule has 2 saturated heterocycles. The van der Waals surface area contributed by atoms with Crippen molar-refractivity contribution in [1.29, 1.82) is 0 Å². The molecule has 0 amide bonds. The first kappa shape index (κ1) is 16.9. The number of halogens is 2. The van der Waals surface area contributed by atoms with Crippen LogP contribution in [0.4, 0.5) is 4.39 Å². The van der Waals surface area contributed by atoms with E-state index in [9.17, 15) is 0 Å². The van der Waals surface area contributed by atoms with Gasteiger partial charge in [0.25, 0.3) is 0 Å². The maximum atomic E-state index is 15.1. The molecule has 0 aliphatic carbocycles. The summed E-state index contributed by atoms with van der Waals surface area (Å²) in [6, 6.07) is 0.550. The van der Waals surface area contributed by atoms with Gasteiger partial charge in [-0.3, -0.25) is 4.90 Å². The molecular formula is C16H30FIN2. The van der Waals surface area contributed by atoms with E-state index in [0.717, 1.165) is 30.1 Å². The van der Waals surface area contributed by atoms with Crippen LogP contribution in [0, 0.1) is 11.8 Å². The fourth-order valence-electron chi connectivity index (χ4n) is 3.78. The average molecular weight is 396 g/mol. The summed E-state index contributed by atoms with van der Waals surface area (Å²) in [6.07, 6.45) is 1.41. The van der Waals surface area contributed by atoms with Crippen molar-refractivity contribution in [2.75, 3.05) is 32.7 Å². The largest absolute Gasteiger partial charge is 0.301 e. The van der Waals surface area contributed by atoms with Gasteiger partial charge in [-0.25, -0.2) is 4.39 Å². The zero-order chi connectivity index (χ0) is 14.9. The van der Waals surface area contributed by atoms with E-state index < -0.39 is 5.67 Å². The number of hydrogen-bond donors (Lipinski definition) is 0. The lowest BCUT2D eigenvalue weighted by molar-refractivity contribution is 0.00165. The Kier molecular flexibility index (Phi) is 5.74. The van der Waals surface area contributed by atoms with E-state index in [2.05, 4.69) is 60.1 Å². The van der Waals surface area contributed by atoms with E-state index in [1.165, 1.54) is 0 Å². The second-order valence-corrected chi connectivity index (χ2v) is 8.81. The zero-order valence-electron chi connectivity index (χ0n) is 13.4. The topological polar surface area (TPSA) is 6.48 Å². The molecular weight excluding hydrogens is 366 g/mol. The standard InChI is InChI=1S/C16H30FIN2/c1-12(2)20-7-5-16(17,6-8-20)11-19-9-13(3)15(18)14(4)10-19/h12-15H,5-11H2,1-4H3. The van der Waals surface area contributed by atoms with E-state index in [4.69, 9.17) is 0 Å². The highest BCUT2D eigenvalue weighted by Gasteiger charge is 2.39. The molecule has 2 aliphatic heterocycles. The highest BCUT2D eigenvalue weighted by atomic mass is 127. The van der Waals surface area contributed by atoms with Crippen LogP contribution in [0.5, 0.6) is 0 Å². The fourth-order valence-corrected chi connectivity index (χ4v) is 4.24. The van der Waals surface area contributed by atoms with Crippen molar-refractivity contribution in [3.63, 3.8) is 0 Å². The lowest BCUT2D eigenvalue weighted by Crippen LogP contribution is -2.53. The van der Waals surface area contributed by atoms with Crippen LogP contribution in [-0.4, -0.2) is 58.2 Å². The molecule has 2 atom stereocenters. The lowest BCUT2D eigenvalue weighted by Gasteiger charge is -2.44. The van der Waals surface area contributed by atoms with Crippen LogP contribution in [0.25, 0.3) is 0 Å². The number of piperidine rings is 2. The van der Waals surface area contributed by atoms with E-state index in [1.807, 2.05) is 0 Å². The molecule has 2 aliphatic rings. The normalized spacial score (nSPS) is 36.5. The van der Waals surface area contributed by atoms with Gasteiger partial charge in [-0.05, 0) is 38.5 Å². The highest BCUT2D eigenvalue weighted by Crippen LogP contribution is 2.33. The van der Waals surface area contributed by atoms with Crippen molar-refractivity contribution in [3.05, 3.63) is 0 Å². The number of alkyl halides is 2. The predicted molar refractivity (Wildman–Crippen MR) is 92.4 cm³/mol. The molecule has 0 N–H and O–H groups in total. The van der Waals surface area contributed by atoms with Crippen molar-refractivity contribution >= 4 is 22.6 Å². The van der Waals surface area contributed by atoms with Gasteiger partial charge in [0.05, 0.1) is 0 Å². The van der Waals surface area contributed by atoms with Crippen LogP contribution in [0.2, 0.25) is 0 Å². The monoisotopic (exact) mass is 396 g/mol. The molecule has 0 aromatic heterocycles. The molecule has 2 heterocycles. The number of likely N-dealkylation sites (tertiary alicyclic amines) is 2. The van der Waals surface area contributed by atoms with Gasteiger partial charge in [0, 0.05) is 42.7 Å². The van der Waals surface area contributed by atoms with E-state index in [-0.39, 0.29) is 0 Å². The second kappa shape index (κ2) is 6.78. The Morgan fingerprint density at radius 3 is 2.10 bits per heavy atom. The third kappa shape index (κ3) is 4.07. The molecule has 0 bridgehead atoms. The Labute approximate surface area is 137 Å². The van der Waals surface area contributed by atoms with Crippen LogP contribution in [0.1, 0.15) is 40.5 Å². The van der Waals surface area contributed by atoms with Crippen LogP contribution >= 0.6 is 22.6 Å². The Morgan fingerprint density at radius 1 is 1.15 bits per heavy atom. The maximum absolute atomic E-state index is 15.1. The minimum absolute atomic E-state index is 0.550. The number of rotatable bonds is 3. The van der Waals surface area contributed by atoms with Crippen molar-refractivity contribution < 1.29 is 4.39 Å². The Hall–Kier alpha value is 0.580. The molecule has 2 fully saturated rings. The summed E-state index contributed by atoms with van der Waals surface area (Å²) in [5.74, 6) is 1.36. The minimum Gasteiger partial charge on any atom is -0.301 e. The van der Waals surface area contributed by atoms with Gasteiger partial charge in [0.15, 0.2) is 0 Å². The predicted octanol–water partition coefficient (Wildman–Crippen LogP) is 3.59. The van der Waals surface area contributed by atoms with Crippen molar-refractivity contribution in [2.45, 2.75) is 56.2 Å². The lowest BCUT2D eigenvalue weighted by atomic mass is 9.88. The summed E-state index contributed by atoms with van der Waals surface area (Å²) < 4.78 is 15.8. The summed E-state index contributed by atoms with van der Waals surface area (Å²) in [6.45, 7) is 13.7. The van der Waals surface area contributed by atoms with Crippen LogP contribution < -0.4 is 0 Å². The van der Waals surface area contributed by atoms with Crippen molar-refractivity contribution in [1.82, 2.24) is 9.80 Å². The molecule has 0 saturated carbocycles. The molecule has 2 nitrogen and oxygen atoms in total. The van der Waals surface area contributed by atoms with Gasteiger partial charge in [0.1, 0.15) is 5.67 Å². The summed E-state index contributed by atoms with van der Waals surface area (Å²) in [4.78, 5) is 4.79. The molecule has 0 aromatic rings. The second-order valence-electron chi connectivity index (χ2n) is 7.37. The molecule has 0 spiro atoms. The first-order valence-corrected chi connectivity index (χ1v) is 9.35. The number of nitrogens with zero attached hydrogens (tertiary/aromatic N) is 2. The Bertz CT molecular complexity index is 304. The third-order valence-corrected chi connectivity index (χ3v) is 7.57. The van der Waals surface area contributed by atoms with E-state index in [1.54, 1.807) is 0 Å². The van der Waals surface area contributed by atoms with Gasteiger partial charge in [-0.1, -0.05) is 36.4 Å². The summed E-state index contributed by atoms with van der Waals surface area (Å²) in [5, 5.41) is 0. The van der Waals surface area contributed by atoms with Gasteiger partial charge in [-0.2, -0.15) is 0 Å². The third-order valence-electron chi connectivity index (χ3n) is 5.11. The quantitative estimate of drug-likeness (QED) is 0.532. The van der Waals surface area contributed by atoms with E-state index in [0.29, 0.717) is 37.3 Å². The molecule has 2 unspecified atom stereocenters. The highest BCUT2D eigenvalue weighted by molar-refractivity contribution is 14.1. The Balaban J connectivity index is 1.87. The molecule has 20 heavy (non-hydrogen) atoms. The van der Waals surface area contributed by atoms with Crippen molar-refractivity contribution in [3.8, 4) is 0 Å². The number of hydrogen-bond acceptors (Lipinski definition) is 2. The van der Waals surface area contributed by atoms with Crippen LogP contribution in [-0.2, 0) is 0 Å². The SMILES string of the molecule is CC1CN(CC2(F)CCN(C(C)C)CC2)CC(C)C1I. The smallest absolute Gasteiger partial charge is 0.126 e. The first-order valence-electron chi connectivity index (χ1n) is 8.10. The first-order chi connectivity index (χ1) is 9.31. The Morgan fingerprint density at radius 2 is 1.65 bits per heavy atom. The molecule has 4 heteroatoms. The molecule has 118 valence electrons. The summed E-state index contributed by atoms with van der Waals surface area (Å²) in [7, 11) is 0. The molecule has 0 radical (unpaired) electrons. The van der Waals surface area contributed by atoms with Gasteiger partial charge < -0.3 is 4.90 Å². The van der Waals surface area contributed by atoms with Crippen molar-refractivity contribution in [2.24, 2.45) is 11.8 Å². The average Bonchev–Trinajstić information content (AvgIpc) is 2.36. The molecule has 0 aromatic carbocycles. The van der Waals surface area contributed by atoms with Crippen LogP contribution in [0.3, 0.4) is 0 Å². The fraction of sp³-hybridized carbons (Fsp3) is 1.00. The van der Waals surface area contributed by atoms with Gasteiger partial charge in [0.2, 0.25) is 0 Å². The summed E-state index contributed by atoms with van der Waals surface area (Å²) in [5.41, 5.74) is -0.955. The zero-order valence-corrected chi connectivity index (χ0v) is 15.6.